The molecule has 3 fully saturated rings. The largest absolute Gasteiger partial charge is 0.355 e. The maximum atomic E-state index is 11.8. The second kappa shape index (κ2) is 5.60. The minimum absolute atomic E-state index is 0.199. The Kier molecular flexibility index (Phi) is 3.88. The highest BCUT2D eigenvalue weighted by Crippen LogP contribution is 2.47. The first kappa shape index (κ1) is 12.5. The van der Waals surface area contributed by atoms with Crippen LogP contribution in [0.15, 0.2) is 0 Å². The molecule has 0 radical (unpaired) electrons. The van der Waals surface area contributed by atoms with Crippen LogP contribution in [0.2, 0.25) is 0 Å². The lowest BCUT2D eigenvalue weighted by Crippen LogP contribution is -2.40. The maximum absolute atomic E-state index is 11.8. The summed E-state index contributed by atoms with van der Waals surface area (Å²) in [7, 11) is 0. The molecule has 18 heavy (non-hydrogen) atoms. The summed E-state index contributed by atoms with van der Waals surface area (Å²) in [5.74, 6) is 2.87. The van der Waals surface area contributed by atoms with E-state index >= 15 is 0 Å². The third-order valence-corrected chi connectivity index (χ3v) is 5.35. The van der Waals surface area contributed by atoms with Crippen molar-refractivity contribution in [2.75, 3.05) is 13.1 Å². The van der Waals surface area contributed by atoms with Gasteiger partial charge in [-0.3, -0.25) is 4.79 Å². The van der Waals surface area contributed by atoms with E-state index in [1.165, 1.54) is 51.4 Å². The highest BCUT2D eigenvalue weighted by atomic mass is 16.1. The first-order valence-electron chi connectivity index (χ1n) is 7.81. The van der Waals surface area contributed by atoms with Crippen molar-refractivity contribution < 1.29 is 4.79 Å². The van der Waals surface area contributed by atoms with Crippen molar-refractivity contribution in [3.63, 3.8) is 0 Å². The lowest BCUT2D eigenvalue weighted by atomic mass is 9.89. The number of amides is 1. The molecule has 3 rings (SSSR count). The molecule has 0 aromatic heterocycles. The fourth-order valence-corrected chi connectivity index (χ4v) is 4.30. The Bertz CT molecular complexity index is 299. The zero-order valence-electron chi connectivity index (χ0n) is 11.3. The second-order valence-corrected chi connectivity index (χ2v) is 6.60. The fraction of sp³-hybridized carbons (Fsp3) is 0.933. The Morgan fingerprint density at radius 3 is 2.56 bits per heavy atom. The molecule has 2 N–H and O–H groups in total. The van der Waals surface area contributed by atoms with Gasteiger partial charge in [0, 0.05) is 12.6 Å². The van der Waals surface area contributed by atoms with E-state index in [1.807, 2.05) is 0 Å². The number of rotatable bonds is 5. The molecule has 0 spiro atoms. The minimum atomic E-state index is 0.199. The van der Waals surface area contributed by atoms with Crippen molar-refractivity contribution in [3.05, 3.63) is 0 Å². The molecule has 3 unspecified atom stereocenters. The molecule has 3 heteroatoms. The molecule has 3 nitrogen and oxygen atoms in total. The summed E-state index contributed by atoms with van der Waals surface area (Å²) in [4.78, 5) is 11.8. The molecule has 0 heterocycles. The summed E-state index contributed by atoms with van der Waals surface area (Å²) in [5, 5.41) is 6.51. The quantitative estimate of drug-likeness (QED) is 0.784. The standard InChI is InChI=1S/C15H26N2O/c18-15(10-16-14-3-1-2-4-14)17-9-13-8-11-5-6-12(13)7-11/h11-14,16H,1-10H2,(H,17,18). The third-order valence-electron chi connectivity index (χ3n) is 5.35. The van der Waals surface area contributed by atoms with Gasteiger partial charge in [0.2, 0.25) is 5.91 Å². The van der Waals surface area contributed by atoms with Gasteiger partial charge in [-0.05, 0) is 49.9 Å². The molecule has 0 aromatic rings. The van der Waals surface area contributed by atoms with Crippen molar-refractivity contribution in [1.82, 2.24) is 10.6 Å². The summed E-state index contributed by atoms with van der Waals surface area (Å²) in [5.41, 5.74) is 0. The summed E-state index contributed by atoms with van der Waals surface area (Å²) >= 11 is 0. The predicted octanol–water partition coefficient (Wildman–Crippen LogP) is 2.07. The number of hydrogen-bond donors (Lipinski definition) is 2. The monoisotopic (exact) mass is 250 g/mol. The molecule has 0 saturated heterocycles. The highest BCUT2D eigenvalue weighted by molar-refractivity contribution is 5.78. The number of carbonyl (C=O) groups is 1. The van der Waals surface area contributed by atoms with Gasteiger partial charge >= 0.3 is 0 Å². The molecular formula is C15H26N2O. The SMILES string of the molecule is O=C(CNC1CCCC1)NCC1CC2CCC1C2. The van der Waals surface area contributed by atoms with E-state index in [-0.39, 0.29) is 5.91 Å². The molecule has 0 aromatic carbocycles. The molecule has 3 saturated carbocycles. The van der Waals surface area contributed by atoms with E-state index in [0.717, 1.165) is 24.3 Å². The van der Waals surface area contributed by atoms with Gasteiger partial charge in [0.05, 0.1) is 6.54 Å². The lowest BCUT2D eigenvalue weighted by molar-refractivity contribution is -0.120. The highest BCUT2D eigenvalue weighted by Gasteiger charge is 2.39. The molecule has 3 atom stereocenters. The van der Waals surface area contributed by atoms with Crippen LogP contribution in [0.25, 0.3) is 0 Å². The lowest BCUT2D eigenvalue weighted by Gasteiger charge is -2.22. The van der Waals surface area contributed by atoms with Gasteiger partial charge in [-0.25, -0.2) is 0 Å². The van der Waals surface area contributed by atoms with Crippen LogP contribution < -0.4 is 10.6 Å². The topological polar surface area (TPSA) is 41.1 Å². The van der Waals surface area contributed by atoms with Crippen LogP contribution in [0.4, 0.5) is 0 Å². The first-order chi connectivity index (χ1) is 8.81. The van der Waals surface area contributed by atoms with Gasteiger partial charge in [-0.1, -0.05) is 19.3 Å². The number of hydrogen-bond acceptors (Lipinski definition) is 2. The van der Waals surface area contributed by atoms with Crippen LogP contribution in [-0.2, 0) is 4.79 Å². The van der Waals surface area contributed by atoms with Gasteiger partial charge in [-0.15, -0.1) is 0 Å². The first-order valence-corrected chi connectivity index (χ1v) is 7.81. The molecule has 2 bridgehead atoms. The summed E-state index contributed by atoms with van der Waals surface area (Å²) < 4.78 is 0. The predicted molar refractivity (Wildman–Crippen MR) is 72.2 cm³/mol. The Morgan fingerprint density at radius 1 is 1.06 bits per heavy atom. The van der Waals surface area contributed by atoms with Crippen molar-refractivity contribution in [3.8, 4) is 0 Å². The average Bonchev–Trinajstić information content (AvgIpc) is 3.09. The van der Waals surface area contributed by atoms with Crippen LogP contribution in [0.5, 0.6) is 0 Å². The molecule has 3 aliphatic carbocycles. The minimum Gasteiger partial charge on any atom is -0.355 e. The van der Waals surface area contributed by atoms with Gasteiger partial charge < -0.3 is 10.6 Å². The van der Waals surface area contributed by atoms with Crippen molar-refractivity contribution in [2.24, 2.45) is 17.8 Å². The number of fused-ring (bicyclic) bond motifs is 2. The van der Waals surface area contributed by atoms with E-state index in [0.29, 0.717) is 12.6 Å². The van der Waals surface area contributed by atoms with Crippen LogP contribution in [0.3, 0.4) is 0 Å². The molecule has 3 aliphatic rings. The normalized spacial score (nSPS) is 35.2. The van der Waals surface area contributed by atoms with Crippen molar-refractivity contribution >= 4 is 5.91 Å². The zero-order chi connectivity index (χ0) is 12.4. The Morgan fingerprint density at radius 2 is 1.89 bits per heavy atom. The Hall–Kier alpha value is -0.570. The van der Waals surface area contributed by atoms with Crippen LogP contribution in [0, 0.1) is 17.8 Å². The third kappa shape index (κ3) is 2.87. The molecule has 102 valence electrons. The number of carbonyl (C=O) groups excluding carboxylic acids is 1. The zero-order valence-corrected chi connectivity index (χ0v) is 11.3. The fourth-order valence-electron chi connectivity index (χ4n) is 4.30. The maximum Gasteiger partial charge on any atom is 0.233 e. The molecule has 0 aliphatic heterocycles. The van der Waals surface area contributed by atoms with Crippen molar-refractivity contribution in [2.45, 2.75) is 57.4 Å². The summed E-state index contributed by atoms with van der Waals surface area (Å²) in [6, 6.07) is 0.596. The Balaban J connectivity index is 1.31. The van der Waals surface area contributed by atoms with E-state index < -0.39 is 0 Å². The van der Waals surface area contributed by atoms with Gasteiger partial charge in [0.15, 0.2) is 0 Å². The Labute approximate surface area is 110 Å². The van der Waals surface area contributed by atoms with Crippen molar-refractivity contribution in [1.29, 1.82) is 0 Å². The van der Waals surface area contributed by atoms with Crippen LogP contribution in [0.1, 0.15) is 51.4 Å². The van der Waals surface area contributed by atoms with E-state index in [4.69, 9.17) is 0 Å². The molecule has 1 amide bonds. The van der Waals surface area contributed by atoms with E-state index in [1.54, 1.807) is 0 Å². The van der Waals surface area contributed by atoms with E-state index in [9.17, 15) is 4.79 Å². The number of nitrogens with one attached hydrogen (secondary N) is 2. The van der Waals surface area contributed by atoms with Gasteiger partial charge in [-0.2, -0.15) is 0 Å². The van der Waals surface area contributed by atoms with E-state index in [2.05, 4.69) is 10.6 Å². The van der Waals surface area contributed by atoms with Gasteiger partial charge in [0.25, 0.3) is 0 Å². The summed E-state index contributed by atoms with van der Waals surface area (Å²) in [6.07, 6.45) is 10.8. The molecular weight excluding hydrogens is 224 g/mol. The second-order valence-electron chi connectivity index (χ2n) is 6.60. The average molecular weight is 250 g/mol. The smallest absolute Gasteiger partial charge is 0.233 e. The van der Waals surface area contributed by atoms with Crippen LogP contribution in [-0.4, -0.2) is 25.0 Å². The van der Waals surface area contributed by atoms with Gasteiger partial charge in [0.1, 0.15) is 0 Å². The summed E-state index contributed by atoms with van der Waals surface area (Å²) in [6.45, 7) is 1.44. The van der Waals surface area contributed by atoms with Crippen LogP contribution >= 0.6 is 0 Å².